The van der Waals surface area contributed by atoms with E-state index in [1.54, 1.807) is 26.3 Å². The van der Waals surface area contributed by atoms with Crippen molar-refractivity contribution in [3.8, 4) is 5.75 Å². The van der Waals surface area contributed by atoms with E-state index in [0.717, 1.165) is 36.9 Å². The fourth-order valence-electron chi connectivity index (χ4n) is 3.63. The second-order valence-electron chi connectivity index (χ2n) is 6.93. The van der Waals surface area contributed by atoms with Gasteiger partial charge >= 0.3 is 0 Å². The summed E-state index contributed by atoms with van der Waals surface area (Å²) in [6.45, 7) is 3.49. The molecule has 0 aromatic heterocycles. The highest BCUT2D eigenvalue weighted by atomic mass is 127. The first kappa shape index (κ1) is 23.4. The van der Waals surface area contributed by atoms with Crippen LogP contribution in [0.4, 0.5) is 4.39 Å². The van der Waals surface area contributed by atoms with Crippen LogP contribution in [-0.2, 0) is 6.54 Å². The predicted octanol–water partition coefficient (Wildman–Crippen LogP) is 3.95. The number of guanidine groups is 1. The lowest BCUT2D eigenvalue weighted by Gasteiger charge is -2.30. The second-order valence-corrected chi connectivity index (χ2v) is 6.93. The Morgan fingerprint density at radius 1 is 1.10 bits per heavy atom. The largest absolute Gasteiger partial charge is 0.496 e. The summed E-state index contributed by atoms with van der Waals surface area (Å²) in [5, 5.41) is 6.74. The number of methoxy groups -OCH3 is 1. The van der Waals surface area contributed by atoms with Crippen LogP contribution in [-0.4, -0.2) is 44.7 Å². The van der Waals surface area contributed by atoms with Crippen LogP contribution in [0, 0.1) is 5.82 Å². The number of halogens is 2. The molecule has 0 saturated carbocycles. The number of hydrogen-bond acceptors (Lipinski definition) is 3. The van der Waals surface area contributed by atoms with Crippen molar-refractivity contribution in [3.63, 3.8) is 0 Å². The van der Waals surface area contributed by atoms with Gasteiger partial charge in [-0.2, -0.15) is 0 Å². The highest BCUT2D eigenvalue weighted by Gasteiger charge is 2.25. The van der Waals surface area contributed by atoms with E-state index in [1.807, 2.05) is 12.1 Å². The minimum Gasteiger partial charge on any atom is -0.496 e. The Hall–Kier alpha value is -1.87. The molecule has 3 rings (SSSR count). The molecule has 0 bridgehead atoms. The number of aliphatic imine (C=N–C) groups is 1. The third-order valence-electron chi connectivity index (χ3n) is 5.14. The molecule has 1 atom stereocenters. The summed E-state index contributed by atoms with van der Waals surface area (Å²) in [4.78, 5) is 6.82. The Bertz CT molecular complexity index is 779. The average molecular weight is 512 g/mol. The first-order chi connectivity index (χ1) is 13.7. The molecule has 2 N–H and O–H groups in total. The molecular weight excluding hydrogens is 482 g/mol. The molecule has 0 aliphatic carbocycles. The van der Waals surface area contributed by atoms with Gasteiger partial charge in [0.25, 0.3) is 0 Å². The SMILES string of the molecule is CN=C(NCc1ccc(F)cc1)NCC(c1ccccc1OC)N1CCCC1.I. The van der Waals surface area contributed by atoms with Crippen molar-refractivity contribution in [1.82, 2.24) is 15.5 Å². The first-order valence-corrected chi connectivity index (χ1v) is 9.77. The van der Waals surface area contributed by atoms with Gasteiger partial charge in [-0.25, -0.2) is 4.39 Å². The van der Waals surface area contributed by atoms with E-state index in [2.05, 4.69) is 32.7 Å². The normalized spacial score (nSPS) is 15.5. The van der Waals surface area contributed by atoms with E-state index < -0.39 is 0 Å². The lowest BCUT2D eigenvalue weighted by atomic mass is 10.0. The van der Waals surface area contributed by atoms with E-state index in [0.29, 0.717) is 6.54 Å². The van der Waals surface area contributed by atoms with E-state index in [9.17, 15) is 4.39 Å². The summed E-state index contributed by atoms with van der Waals surface area (Å²) in [6.07, 6.45) is 2.45. The molecule has 1 fully saturated rings. The second kappa shape index (κ2) is 12.0. The average Bonchev–Trinajstić information content (AvgIpc) is 3.26. The summed E-state index contributed by atoms with van der Waals surface area (Å²) >= 11 is 0. The molecule has 7 heteroatoms. The van der Waals surface area contributed by atoms with Crippen molar-refractivity contribution < 1.29 is 9.13 Å². The van der Waals surface area contributed by atoms with Gasteiger partial charge in [-0.3, -0.25) is 9.89 Å². The third-order valence-corrected chi connectivity index (χ3v) is 5.14. The van der Waals surface area contributed by atoms with E-state index in [-0.39, 0.29) is 35.8 Å². The lowest BCUT2D eigenvalue weighted by molar-refractivity contribution is 0.239. The van der Waals surface area contributed by atoms with Gasteiger partial charge < -0.3 is 15.4 Å². The Balaban J connectivity index is 0.00000300. The van der Waals surface area contributed by atoms with Crippen molar-refractivity contribution in [2.45, 2.75) is 25.4 Å². The fourth-order valence-corrected chi connectivity index (χ4v) is 3.63. The summed E-state index contributed by atoms with van der Waals surface area (Å²) in [7, 11) is 3.48. The zero-order chi connectivity index (χ0) is 19.8. The number of ether oxygens (including phenoxy) is 1. The highest BCUT2D eigenvalue weighted by molar-refractivity contribution is 14.0. The Morgan fingerprint density at radius 2 is 1.79 bits per heavy atom. The molecular formula is C22H30FIN4O. The van der Waals surface area contributed by atoms with Crippen molar-refractivity contribution in [1.29, 1.82) is 0 Å². The van der Waals surface area contributed by atoms with Gasteiger partial charge in [0, 0.05) is 25.7 Å². The molecule has 5 nitrogen and oxygen atoms in total. The van der Waals surface area contributed by atoms with Gasteiger partial charge in [0.2, 0.25) is 0 Å². The molecule has 158 valence electrons. The number of nitrogens with zero attached hydrogens (tertiary/aromatic N) is 2. The third kappa shape index (κ3) is 6.57. The van der Waals surface area contributed by atoms with Crippen molar-refractivity contribution >= 4 is 29.9 Å². The molecule has 1 unspecified atom stereocenters. The number of likely N-dealkylation sites (tertiary alicyclic amines) is 1. The van der Waals surface area contributed by atoms with Gasteiger partial charge in [-0.05, 0) is 49.7 Å². The Labute approximate surface area is 189 Å². The zero-order valence-corrected chi connectivity index (χ0v) is 19.4. The lowest BCUT2D eigenvalue weighted by Crippen LogP contribution is -2.42. The van der Waals surface area contributed by atoms with Crippen LogP contribution in [0.25, 0.3) is 0 Å². The van der Waals surface area contributed by atoms with Crippen LogP contribution in [0.5, 0.6) is 5.75 Å². The van der Waals surface area contributed by atoms with Crippen LogP contribution in [0.15, 0.2) is 53.5 Å². The summed E-state index contributed by atoms with van der Waals surface area (Å²) in [6, 6.07) is 14.9. The molecule has 1 saturated heterocycles. The molecule has 1 aliphatic rings. The monoisotopic (exact) mass is 512 g/mol. The van der Waals surface area contributed by atoms with Crippen LogP contribution in [0.2, 0.25) is 0 Å². The predicted molar refractivity (Wildman–Crippen MR) is 127 cm³/mol. The topological polar surface area (TPSA) is 48.9 Å². The molecule has 0 radical (unpaired) electrons. The number of nitrogens with one attached hydrogen (secondary N) is 2. The van der Waals surface area contributed by atoms with Crippen LogP contribution in [0.3, 0.4) is 0 Å². The van der Waals surface area contributed by atoms with E-state index in [1.165, 1.54) is 30.5 Å². The molecule has 2 aromatic rings. The molecule has 0 spiro atoms. The molecule has 2 aromatic carbocycles. The minimum atomic E-state index is -0.225. The molecule has 0 amide bonds. The number of rotatable bonds is 7. The van der Waals surface area contributed by atoms with Gasteiger partial charge in [-0.15, -0.1) is 24.0 Å². The zero-order valence-electron chi connectivity index (χ0n) is 17.0. The first-order valence-electron chi connectivity index (χ1n) is 9.77. The van der Waals surface area contributed by atoms with Crippen molar-refractivity contribution in [3.05, 3.63) is 65.5 Å². The van der Waals surface area contributed by atoms with Gasteiger partial charge in [-0.1, -0.05) is 30.3 Å². The van der Waals surface area contributed by atoms with Crippen molar-refractivity contribution in [2.75, 3.05) is 33.8 Å². The van der Waals surface area contributed by atoms with E-state index >= 15 is 0 Å². The maximum atomic E-state index is 13.1. The van der Waals surface area contributed by atoms with Gasteiger partial charge in [0.15, 0.2) is 5.96 Å². The Kier molecular flexibility index (Phi) is 9.66. The molecule has 29 heavy (non-hydrogen) atoms. The quantitative estimate of drug-likeness (QED) is 0.335. The minimum absolute atomic E-state index is 0. The van der Waals surface area contributed by atoms with E-state index in [4.69, 9.17) is 4.74 Å². The standard InChI is InChI=1S/C22H29FN4O.HI/c1-24-22(25-15-17-9-11-18(23)12-10-17)26-16-20(27-13-5-6-14-27)19-7-3-4-8-21(19)28-2;/h3-4,7-12,20H,5-6,13-16H2,1-2H3,(H2,24,25,26);1H. The number of para-hydroxylation sites is 1. The summed E-state index contributed by atoms with van der Waals surface area (Å²) in [5.74, 6) is 1.41. The number of benzene rings is 2. The molecule has 1 heterocycles. The van der Waals surface area contributed by atoms with Crippen LogP contribution in [0.1, 0.15) is 30.0 Å². The summed E-state index contributed by atoms with van der Waals surface area (Å²) in [5.41, 5.74) is 2.19. The van der Waals surface area contributed by atoms with Crippen LogP contribution < -0.4 is 15.4 Å². The fraction of sp³-hybridized carbons (Fsp3) is 0.409. The smallest absolute Gasteiger partial charge is 0.191 e. The van der Waals surface area contributed by atoms with Gasteiger partial charge in [0.1, 0.15) is 11.6 Å². The highest BCUT2D eigenvalue weighted by Crippen LogP contribution is 2.31. The molecule has 1 aliphatic heterocycles. The number of hydrogen-bond donors (Lipinski definition) is 2. The van der Waals surface area contributed by atoms with Crippen LogP contribution >= 0.6 is 24.0 Å². The van der Waals surface area contributed by atoms with Gasteiger partial charge in [0.05, 0.1) is 13.2 Å². The Morgan fingerprint density at radius 3 is 2.45 bits per heavy atom. The maximum Gasteiger partial charge on any atom is 0.191 e. The summed E-state index contributed by atoms with van der Waals surface area (Å²) < 4.78 is 18.7. The maximum absolute atomic E-state index is 13.1. The van der Waals surface area contributed by atoms with Crippen molar-refractivity contribution in [2.24, 2.45) is 4.99 Å².